The second-order valence-corrected chi connectivity index (χ2v) is 5.74. The van der Waals surface area contributed by atoms with Gasteiger partial charge >= 0.3 is 0 Å². The number of nitrogens with zero attached hydrogens (tertiary/aromatic N) is 2. The van der Waals surface area contributed by atoms with Gasteiger partial charge in [0.15, 0.2) is 0 Å². The van der Waals surface area contributed by atoms with E-state index in [0.29, 0.717) is 6.04 Å². The van der Waals surface area contributed by atoms with E-state index in [4.69, 9.17) is 11.6 Å². The van der Waals surface area contributed by atoms with Gasteiger partial charge in [-0.15, -0.1) is 11.8 Å². The van der Waals surface area contributed by atoms with Gasteiger partial charge in [0.2, 0.25) is 0 Å². The molecule has 0 radical (unpaired) electrons. The van der Waals surface area contributed by atoms with Gasteiger partial charge in [0.05, 0.1) is 9.92 Å². The highest BCUT2D eigenvalue weighted by Gasteiger charge is 2.27. The highest BCUT2D eigenvalue weighted by molar-refractivity contribution is 7.99. The number of nitrogens with one attached hydrogen (secondary N) is 1. The first kappa shape index (κ1) is 10.7. The fourth-order valence-corrected chi connectivity index (χ4v) is 3.68. The molecule has 3 nitrogen and oxygen atoms in total. The summed E-state index contributed by atoms with van der Waals surface area (Å²) in [5, 5.41) is 4.19. The van der Waals surface area contributed by atoms with Crippen molar-refractivity contribution in [2.45, 2.75) is 17.4 Å². The second-order valence-electron chi connectivity index (χ2n) is 4.16. The van der Waals surface area contributed by atoms with Crippen molar-refractivity contribution in [3.8, 4) is 0 Å². The number of rotatable bonds is 0. The Hall–Kier alpha value is -0.450. The minimum absolute atomic E-state index is 0.594. The molecule has 86 valence electrons. The summed E-state index contributed by atoms with van der Waals surface area (Å²) in [5.41, 5.74) is 0. The molecule has 1 fully saturated rings. The smallest absolute Gasteiger partial charge is 0.142 e. The first-order valence-electron chi connectivity index (χ1n) is 5.60. The number of piperazine rings is 1. The molecule has 16 heavy (non-hydrogen) atoms. The summed E-state index contributed by atoms with van der Waals surface area (Å²) >= 11 is 7.87. The molecule has 0 unspecified atom stereocenters. The van der Waals surface area contributed by atoms with Crippen LogP contribution >= 0.6 is 23.4 Å². The van der Waals surface area contributed by atoms with E-state index in [-0.39, 0.29) is 0 Å². The lowest BCUT2D eigenvalue weighted by Crippen LogP contribution is -2.51. The van der Waals surface area contributed by atoms with Crippen molar-refractivity contribution < 1.29 is 0 Å². The first-order chi connectivity index (χ1) is 7.84. The maximum Gasteiger partial charge on any atom is 0.142 e. The maximum atomic E-state index is 6.00. The summed E-state index contributed by atoms with van der Waals surface area (Å²) < 4.78 is 0. The molecular formula is C11H14ClN3S. The molecule has 3 heterocycles. The van der Waals surface area contributed by atoms with Gasteiger partial charge in [0.1, 0.15) is 5.82 Å². The Morgan fingerprint density at radius 2 is 2.50 bits per heavy atom. The lowest BCUT2D eigenvalue weighted by Gasteiger charge is -2.36. The Labute approximate surface area is 105 Å². The fraction of sp³-hybridized carbons (Fsp3) is 0.545. The second kappa shape index (κ2) is 4.43. The molecule has 1 atom stereocenters. The SMILES string of the molecule is Clc1cnc2c(c1)SCC[C@@H]1CNCCN21. The molecule has 0 aromatic carbocycles. The van der Waals surface area contributed by atoms with Crippen molar-refractivity contribution in [1.82, 2.24) is 10.3 Å². The van der Waals surface area contributed by atoms with E-state index in [1.807, 2.05) is 17.8 Å². The average molecular weight is 256 g/mol. The van der Waals surface area contributed by atoms with Crippen molar-refractivity contribution in [3.63, 3.8) is 0 Å². The summed E-state index contributed by atoms with van der Waals surface area (Å²) in [5.74, 6) is 2.27. The molecule has 1 aromatic rings. The van der Waals surface area contributed by atoms with E-state index in [9.17, 15) is 0 Å². The Morgan fingerprint density at radius 1 is 1.56 bits per heavy atom. The molecular weight excluding hydrogens is 242 g/mol. The largest absolute Gasteiger partial charge is 0.350 e. The third-order valence-corrected chi connectivity index (χ3v) is 4.39. The van der Waals surface area contributed by atoms with Gasteiger partial charge in [-0.2, -0.15) is 0 Å². The standard InChI is InChI=1S/C11H14ClN3S/c12-8-5-10-11(14-6-8)15-3-2-13-7-9(15)1-4-16-10/h5-6,9,13H,1-4,7H2/t9-/m1/s1. The van der Waals surface area contributed by atoms with Gasteiger partial charge in [-0.05, 0) is 12.5 Å². The third-order valence-electron chi connectivity index (χ3n) is 3.13. The molecule has 0 spiro atoms. The van der Waals surface area contributed by atoms with Gasteiger partial charge in [0, 0.05) is 37.6 Å². The molecule has 1 saturated heterocycles. The zero-order valence-electron chi connectivity index (χ0n) is 8.95. The predicted molar refractivity (Wildman–Crippen MR) is 68.6 cm³/mol. The lowest BCUT2D eigenvalue weighted by molar-refractivity contribution is 0.465. The summed E-state index contributed by atoms with van der Waals surface area (Å²) in [6.45, 7) is 3.17. The lowest BCUT2D eigenvalue weighted by atomic mass is 10.1. The Morgan fingerprint density at radius 3 is 3.44 bits per heavy atom. The van der Waals surface area contributed by atoms with Crippen molar-refractivity contribution >= 4 is 29.2 Å². The van der Waals surface area contributed by atoms with Crippen LogP contribution in [-0.4, -0.2) is 36.4 Å². The molecule has 3 rings (SSSR count). The van der Waals surface area contributed by atoms with Crippen LogP contribution in [0.25, 0.3) is 0 Å². The van der Waals surface area contributed by atoms with E-state index in [1.54, 1.807) is 6.20 Å². The Bertz CT molecular complexity index is 399. The van der Waals surface area contributed by atoms with Gasteiger partial charge in [-0.3, -0.25) is 0 Å². The van der Waals surface area contributed by atoms with Crippen molar-refractivity contribution in [2.24, 2.45) is 0 Å². The zero-order valence-corrected chi connectivity index (χ0v) is 10.5. The van der Waals surface area contributed by atoms with Crippen LogP contribution in [0.1, 0.15) is 6.42 Å². The molecule has 5 heteroatoms. The fourth-order valence-electron chi connectivity index (χ4n) is 2.34. The highest BCUT2D eigenvalue weighted by Crippen LogP contribution is 2.36. The number of aromatic nitrogens is 1. The van der Waals surface area contributed by atoms with Crippen molar-refractivity contribution in [1.29, 1.82) is 0 Å². The number of halogens is 1. The summed E-state index contributed by atoms with van der Waals surface area (Å²) in [4.78, 5) is 8.17. The monoisotopic (exact) mass is 255 g/mol. The van der Waals surface area contributed by atoms with Crippen LogP contribution in [-0.2, 0) is 0 Å². The van der Waals surface area contributed by atoms with Gasteiger partial charge in [-0.25, -0.2) is 4.98 Å². The number of pyridine rings is 1. The van der Waals surface area contributed by atoms with Crippen molar-refractivity contribution in [2.75, 3.05) is 30.3 Å². The van der Waals surface area contributed by atoms with Crippen LogP contribution in [0.4, 0.5) is 5.82 Å². The van der Waals surface area contributed by atoms with Crippen LogP contribution in [0.5, 0.6) is 0 Å². The molecule has 1 N–H and O–H groups in total. The molecule has 0 bridgehead atoms. The van der Waals surface area contributed by atoms with Gasteiger partial charge < -0.3 is 10.2 Å². The zero-order chi connectivity index (χ0) is 11.0. The highest BCUT2D eigenvalue weighted by atomic mass is 35.5. The number of thioether (sulfide) groups is 1. The van der Waals surface area contributed by atoms with E-state index in [2.05, 4.69) is 15.2 Å². The molecule has 2 aliphatic heterocycles. The average Bonchev–Trinajstić information content (AvgIpc) is 2.47. The predicted octanol–water partition coefficient (Wildman–Crippen LogP) is 2.01. The van der Waals surface area contributed by atoms with Crippen LogP contribution in [0.3, 0.4) is 0 Å². The maximum absolute atomic E-state index is 6.00. The van der Waals surface area contributed by atoms with Crippen LogP contribution in [0.15, 0.2) is 17.2 Å². The molecule has 0 saturated carbocycles. The van der Waals surface area contributed by atoms with E-state index in [1.165, 1.54) is 11.3 Å². The number of anilines is 1. The Kier molecular flexibility index (Phi) is 2.96. The van der Waals surface area contributed by atoms with E-state index < -0.39 is 0 Å². The quantitative estimate of drug-likeness (QED) is 0.768. The molecule has 0 amide bonds. The minimum Gasteiger partial charge on any atom is -0.350 e. The summed E-state index contributed by atoms with van der Waals surface area (Å²) in [6.07, 6.45) is 2.97. The van der Waals surface area contributed by atoms with Crippen LogP contribution in [0, 0.1) is 0 Å². The molecule has 0 aliphatic carbocycles. The summed E-state index contributed by atoms with van der Waals surface area (Å²) in [7, 11) is 0. The third kappa shape index (κ3) is 1.90. The van der Waals surface area contributed by atoms with Crippen LogP contribution in [0.2, 0.25) is 5.02 Å². The normalized spacial score (nSPS) is 24.6. The number of fused-ring (bicyclic) bond motifs is 3. The van der Waals surface area contributed by atoms with Gasteiger partial charge in [0.25, 0.3) is 0 Å². The van der Waals surface area contributed by atoms with E-state index >= 15 is 0 Å². The number of hydrogen-bond donors (Lipinski definition) is 1. The van der Waals surface area contributed by atoms with E-state index in [0.717, 1.165) is 36.2 Å². The van der Waals surface area contributed by atoms with Crippen LogP contribution < -0.4 is 10.2 Å². The molecule has 2 aliphatic rings. The minimum atomic E-state index is 0.594. The molecule has 1 aromatic heterocycles. The number of hydrogen-bond acceptors (Lipinski definition) is 4. The first-order valence-corrected chi connectivity index (χ1v) is 6.96. The topological polar surface area (TPSA) is 28.2 Å². The van der Waals surface area contributed by atoms with Crippen molar-refractivity contribution in [3.05, 3.63) is 17.3 Å². The summed E-state index contributed by atoms with van der Waals surface area (Å²) in [6, 6.07) is 2.63. The Balaban J connectivity index is 2.00. The van der Waals surface area contributed by atoms with Gasteiger partial charge in [-0.1, -0.05) is 11.6 Å².